The fourth-order valence-electron chi connectivity index (χ4n) is 4.88. The smallest absolute Gasteiger partial charge is 0.279 e. The van der Waals surface area contributed by atoms with Crippen molar-refractivity contribution in [1.82, 2.24) is 35.6 Å². The normalized spacial score (nSPS) is 13.9. The van der Waals surface area contributed by atoms with Crippen molar-refractivity contribution in [3.63, 3.8) is 0 Å². The first kappa shape index (κ1) is 27.1. The number of fused-ring (bicyclic) bond motifs is 1. The molecule has 5 N–H and O–H groups in total. The summed E-state index contributed by atoms with van der Waals surface area (Å²) in [6.07, 6.45) is 6.37. The zero-order valence-electron chi connectivity index (χ0n) is 22.5. The van der Waals surface area contributed by atoms with Gasteiger partial charge in [0.1, 0.15) is 17.1 Å². The fraction of sp³-hybridized carbons (Fsp3) is 0.407. The van der Waals surface area contributed by atoms with Crippen LogP contribution >= 0.6 is 0 Å². The largest absolute Gasteiger partial charge is 0.493 e. The van der Waals surface area contributed by atoms with E-state index in [9.17, 15) is 9.59 Å². The second-order valence-corrected chi connectivity index (χ2v) is 9.73. The summed E-state index contributed by atoms with van der Waals surface area (Å²) in [5, 5.41) is 19.4. The van der Waals surface area contributed by atoms with Crippen molar-refractivity contribution in [3.05, 3.63) is 52.2 Å². The summed E-state index contributed by atoms with van der Waals surface area (Å²) in [7, 11) is 0. The van der Waals surface area contributed by atoms with E-state index in [1.807, 2.05) is 25.1 Å². The lowest BCUT2D eigenvalue weighted by atomic mass is 9.97. The molecule has 0 bridgehead atoms. The van der Waals surface area contributed by atoms with Crippen LogP contribution in [0.1, 0.15) is 49.2 Å². The molecule has 0 atom stereocenters. The summed E-state index contributed by atoms with van der Waals surface area (Å²) in [5.41, 5.74) is 4.85. The first-order chi connectivity index (χ1) is 19.5. The van der Waals surface area contributed by atoms with Crippen LogP contribution in [-0.4, -0.2) is 67.5 Å². The Bertz CT molecular complexity index is 1530. The molecule has 0 radical (unpaired) electrons. The van der Waals surface area contributed by atoms with Crippen LogP contribution in [0.2, 0.25) is 0 Å². The number of rotatable bonds is 10. The number of carbonyl (C=O) groups is 1. The van der Waals surface area contributed by atoms with Gasteiger partial charge in [0.15, 0.2) is 5.52 Å². The molecule has 3 aromatic heterocycles. The number of aromatic amines is 2. The van der Waals surface area contributed by atoms with Crippen LogP contribution in [0.3, 0.4) is 0 Å². The Balaban J connectivity index is 1.27. The SMILES string of the molecule is CCCc1[nH]nc2c(=O)[nH]c(-c3cc(NCC4CCN(c5ncc(C(=O)NO)cn5)CC4)ccc3OCC)nc12. The predicted molar refractivity (Wildman–Crippen MR) is 150 cm³/mol. The molecule has 0 spiro atoms. The number of anilines is 2. The van der Waals surface area contributed by atoms with E-state index in [0.717, 1.165) is 56.7 Å². The average molecular weight is 548 g/mol. The molecule has 1 aromatic carbocycles. The Morgan fingerprint density at radius 2 is 1.95 bits per heavy atom. The van der Waals surface area contributed by atoms with E-state index in [4.69, 9.17) is 14.9 Å². The number of ether oxygens (including phenoxy) is 1. The minimum atomic E-state index is -0.640. The summed E-state index contributed by atoms with van der Waals surface area (Å²) in [5.74, 6) is 1.46. The first-order valence-electron chi connectivity index (χ1n) is 13.5. The van der Waals surface area contributed by atoms with Gasteiger partial charge >= 0.3 is 0 Å². The number of hydroxylamine groups is 1. The van der Waals surface area contributed by atoms with Crippen LogP contribution in [0, 0.1) is 5.92 Å². The van der Waals surface area contributed by atoms with Gasteiger partial charge in [0.2, 0.25) is 5.95 Å². The van der Waals surface area contributed by atoms with Crippen LogP contribution in [0.4, 0.5) is 11.6 Å². The van der Waals surface area contributed by atoms with Gasteiger partial charge in [-0.25, -0.2) is 20.4 Å². The zero-order chi connectivity index (χ0) is 28.1. The highest BCUT2D eigenvalue weighted by Crippen LogP contribution is 2.32. The third kappa shape index (κ3) is 5.73. The lowest BCUT2D eigenvalue weighted by molar-refractivity contribution is 0.0705. The number of amides is 1. The molecule has 1 amide bonds. The maximum Gasteiger partial charge on any atom is 0.279 e. The maximum absolute atomic E-state index is 12.8. The number of piperidine rings is 1. The summed E-state index contributed by atoms with van der Waals surface area (Å²) in [4.78, 5) is 42.5. The van der Waals surface area contributed by atoms with Gasteiger partial charge in [0.25, 0.3) is 11.5 Å². The van der Waals surface area contributed by atoms with E-state index in [1.165, 1.54) is 12.4 Å². The number of H-pyrrole nitrogens is 2. The molecule has 4 aromatic rings. The molecule has 1 aliphatic heterocycles. The molecule has 0 aliphatic carbocycles. The van der Waals surface area contributed by atoms with E-state index in [2.05, 4.69) is 42.3 Å². The molecular weight excluding hydrogens is 514 g/mol. The first-order valence-corrected chi connectivity index (χ1v) is 13.5. The molecule has 40 heavy (non-hydrogen) atoms. The summed E-state index contributed by atoms with van der Waals surface area (Å²) in [6.45, 7) is 6.84. The quantitative estimate of drug-likeness (QED) is 0.147. The van der Waals surface area contributed by atoms with Crippen molar-refractivity contribution >= 4 is 28.6 Å². The molecule has 0 unspecified atom stereocenters. The average Bonchev–Trinajstić information content (AvgIpc) is 3.40. The van der Waals surface area contributed by atoms with Gasteiger partial charge in [0, 0.05) is 37.7 Å². The zero-order valence-corrected chi connectivity index (χ0v) is 22.5. The van der Waals surface area contributed by atoms with Crippen LogP contribution in [0.25, 0.3) is 22.4 Å². The number of carbonyl (C=O) groups excluding carboxylic acids is 1. The fourth-order valence-corrected chi connectivity index (χ4v) is 4.88. The summed E-state index contributed by atoms with van der Waals surface area (Å²) < 4.78 is 5.87. The Hall–Kier alpha value is -4.52. The molecule has 210 valence electrons. The lowest BCUT2D eigenvalue weighted by Gasteiger charge is -2.32. The van der Waals surface area contributed by atoms with Crippen molar-refractivity contribution in [2.24, 2.45) is 5.92 Å². The third-order valence-electron chi connectivity index (χ3n) is 7.01. The minimum absolute atomic E-state index is 0.199. The summed E-state index contributed by atoms with van der Waals surface area (Å²) in [6, 6.07) is 5.83. The Morgan fingerprint density at radius 3 is 2.65 bits per heavy atom. The topological polar surface area (TPSA) is 174 Å². The van der Waals surface area contributed by atoms with Crippen molar-refractivity contribution in [2.75, 3.05) is 36.5 Å². The standard InChI is InChI=1S/C27H33N9O4/c1-3-5-20-22-23(34-33-20)26(38)32-24(31-22)19-12-18(6-7-21(19)40-4-2)28-13-16-8-10-36(11-9-16)27-29-14-17(15-30-27)25(37)35-39/h6-7,12,14-16,28,39H,3-5,8-11,13H2,1-2H3,(H,33,34)(H,35,37)(H,31,32,38). The van der Waals surface area contributed by atoms with Crippen molar-refractivity contribution < 1.29 is 14.7 Å². The molecule has 13 heteroatoms. The van der Waals surface area contributed by atoms with E-state index < -0.39 is 5.91 Å². The lowest BCUT2D eigenvalue weighted by Crippen LogP contribution is -2.37. The van der Waals surface area contributed by atoms with Crippen LogP contribution in [0.15, 0.2) is 35.4 Å². The molecule has 13 nitrogen and oxygen atoms in total. The Kier molecular flexibility index (Phi) is 8.20. The predicted octanol–water partition coefficient (Wildman–Crippen LogP) is 2.90. The van der Waals surface area contributed by atoms with Crippen LogP contribution < -0.4 is 26.0 Å². The van der Waals surface area contributed by atoms with Gasteiger partial charge in [0.05, 0.1) is 23.4 Å². The van der Waals surface area contributed by atoms with Crippen molar-refractivity contribution in [1.29, 1.82) is 0 Å². The van der Waals surface area contributed by atoms with Gasteiger partial charge in [-0.3, -0.25) is 19.9 Å². The van der Waals surface area contributed by atoms with Crippen molar-refractivity contribution in [3.8, 4) is 17.1 Å². The van der Waals surface area contributed by atoms with Crippen LogP contribution in [-0.2, 0) is 6.42 Å². The van der Waals surface area contributed by atoms with Gasteiger partial charge in [-0.15, -0.1) is 0 Å². The number of benzene rings is 1. The number of nitrogens with one attached hydrogen (secondary N) is 4. The monoisotopic (exact) mass is 547 g/mol. The number of hydrogen-bond acceptors (Lipinski definition) is 10. The molecule has 5 rings (SSSR count). The summed E-state index contributed by atoms with van der Waals surface area (Å²) >= 11 is 0. The Labute approximate surface area is 230 Å². The molecule has 0 saturated carbocycles. The molecule has 1 aliphatic rings. The van der Waals surface area contributed by atoms with E-state index in [1.54, 1.807) is 5.48 Å². The minimum Gasteiger partial charge on any atom is -0.493 e. The van der Waals surface area contributed by atoms with E-state index >= 15 is 0 Å². The van der Waals surface area contributed by atoms with Gasteiger partial charge in [-0.2, -0.15) is 5.10 Å². The van der Waals surface area contributed by atoms with E-state index in [0.29, 0.717) is 46.6 Å². The Morgan fingerprint density at radius 1 is 1.18 bits per heavy atom. The van der Waals surface area contributed by atoms with Gasteiger partial charge in [-0.05, 0) is 50.3 Å². The molecule has 1 fully saturated rings. The second kappa shape index (κ2) is 12.1. The number of nitrogens with zero attached hydrogens (tertiary/aromatic N) is 5. The van der Waals surface area contributed by atoms with Crippen molar-refractivity contribution in [2.45, 2.75) is 39.5 Å². The highest BCUT2D eigenvalue weighted by molar-refractivity contribution is 5.92. The third-order valence-corrected chi connectivity index (χ3v) is 7.01. The maximum atomic E-state index is 12.8. The van der Waals surface area contributed by atoms with Crippen LogP contribution in [0.5, 0.6) is 5.75 Å². The van der Waals surface area contributed by atoms with Gasteiger partial charge < -0.3 is 19.9 Å². The number of aromatic nitrogens is 6. The van der Waals surface area contributed by atoms with E-state index in [-0.39, 0.29) is 11.1 Å². The highest BCUT2D eigenvalue weighted by atomic mass is 16.5. The van der Waals surface area contributed by atoms with Gasteiger partial charge in [-0.1, -0.05) is 13.3 Å². The second-order valence-electron chi connectivity index (χ2n) is 9.73. The highest BCUT2D eigenvalue weighted by Gasteiger charge is 2.22. The number of hydrogen-bond donors (Lipinski definition) is 5. The molecule has 1 saturated heterocycles. The molecular formula is C27H33N9O4. The molecule has 4 heterocycles. The number of aryl methyl sites for hydroxylation is 1.